The van der Waals surface area contributed by atoms with E-state index in [0.29, 0.717) is 16.5 Å². The minimum absolute atomic E-state index is 0.0934. The maximum Gasteiger partial charge on any atom is 0.0829 e. The summed E-state index contributed by atoms with van der Waals surface area (Å²) < 4.78 is 0. The van der Waals surface area contributed by atoms with Gasteiger partial charge in [0.15, 0.2) is 0 Å². The van der Waals surface area contributed by atoms with Crippen molar-refractivity contribution in [2.24, 2.45) is 5.41 Å². The van der Waals surface area contributed by atoms with Crippen LogP contribution in [0.3, 0.4) is 0 Å². The maximum atomic E-state index is 10.9. The van der Waals surface area contributed by atoms with Crippen LogP contribution in [0.1, 0.15) is 25.8 Å². The van der Waals surface area contributed by atoms with Gasteiger partial charge in [-0.15, -0.1) is 0 Å². The van der Waals surface area contributed by atoms with Crippen LogP contribution in [0, 0.1) is 5.41 Å². The second-order valence-electron chi connectivity index (χ2n) is 5.63. The fraction of sp³-hybridized carbons (Fsp3) is 0.571. The van der Waals surface area contributed by atoms with Crippen molar-refractivity contribution >= 4 is 35.0 Å². The second kappa shape index (κ2) is 5.24. The van der Waals surface area contributed by atoms with Gasteiger partial charge in [0.05, 0.1) is 5.60 Å². The van der Waals surface area contributed by atoms with E-state index in [1.807, 2.05) is 17.8 Å². The molecule has 1 saturated heterocycles. The van der Waals surface area contributed by atoms with E-state index < -0.39 is 5.60 Å². The third-order valence-corrected chi connectivity index (χ3v) is 5.74. The average molecular weight is 305 g/mol. The number of thioether (sulfide) groups is 1. The summed E-state index contributed by atoms with van der Waals surface area (Å²) in [5, 5.41) is 12.3. The van der Waals surface area contributed by atoms with Crippen LogP contribution in [0.2, 0.25) is 10.0 Å². The SMILES string of the molecule is CC1(C)CCSCC1(O)Cc1cc(Cl)ccc1Cl. The number of hydrogen-bond donors (Lipinski definition) is 1. The fourth-order valence-electron chi connectivity index (χ4n) is 2.28. The summed E-state index contributed by atoms with van der Waals surface area (Å²) in [5.41, 5.74) is 0.121. The third kappa shape index (κ3) is 2.82. The molecule has 0 aliphatic carbocycles. The maximum absolute atomic E-state index is 10.9. The van der Waals surface area contributed by atoms with Crippen LogP contribution >= 0.6 is 35.0 Å². The first kappa shape index (κ1) is 14.5. The minimum atomic E-state index is -0.718. The summed E-state index contributed by atoms with van der Waals surface area (Å²) in [7, 11) is 0. The number of benzene rings is 1. The first-order chi connectivity index (χ1) is 8.34. The molecule has 0 bridgehead atoms. The van der Waals surface area contributed by atoms with Crippen molar-refractivity contribution in [1.82, 2.24) is 0 Å². The normalized spacial score (nSPS) is 27.2. The Hall–Kier alpha value is 0.110. The predicted octanol–water partition coefficient (Wildman–Crippen LogP) is 4.43. The van der Waals surface area contributed by atoms with Crippen LogP contribution in [-0.2, 0) is 6.42 Å². The number of hydrogen-bond acceptors (Lipinski definition) is 2. The molecule has 2 rings (SSSR count). The van der Waals surface area contributed by atoms with Gasteiger partial charge in [0.25, 0.3) is 0 Å². The Morgan fingerprint density at radius 3 is 2.72 bits per heavy atom. The summed E-state index contributed by atoms with van der Waals surface area (Å²) in [6.45, 7) is 4.26. The van der Waals surface area contributed by atoms with E-state index in [-0.39, 0.29) is 5.41 Å². The predicted molar refractivity (Wildman–Crippen MR) is 80.8 cm³/mol. The zero-order valence-corrected chi connectivity index (χ0v) is 13.0. The molecule has 1 aromatic carbocycles. The molecule has 0 saturated carbocycles. The lowest BCUT2D eigenvalue weighted by Gasteiger charge is -2.46. The minimum Gasteiger partial charge on any atom is -0.388 e. The Labute approximate surface area is 123 Å². The van der Waals surface area contributed by atoms with Crippen molar-refractivity contribution in [1.29, 1.82) is 0 Å². The zero-order valence-electron chi connectivity index (χ0n) is 10.7. The summed E-state index contributed by atoms with van der Waals surface area (Å²) in [4.78, 5) is 0. The van der Waals surface area contributed by atoms with Gasteiger partial charge in [-0.3, -0.25) is 0 Å². The monoisotopic (exact) mass is 304 g/mol. The highest BCUT2D eigenvalue weighted by Gasteiger charge is 2.45. The molecule has 1 aromatic rings. The van der Waals surface area contributed by atoms with Crippen LogP contribution < -0.4 is 0 Å². The Balaban J connectivity index is 2.28. The van der Waals surface area contributed by atoms with E-state index in [4.69, 9.17) is 23.2 Å². The van der Waals surface area contributed by atoms with Gasteiger partial charge in [-0.2, -0.15) is 11.8 Å². The Bertz CT molecular complexity index is 447. The van der Waals surface area contributed by atoms with E-state index >= 15 is 0 Å². The molecule has 0 spiro atoms. The lowest BCUT2D eigenvalue weighted by Crippen LogP contribution is -2.51. The molecule has 18 heavy (non-hydrogen) atoms. The van der Waals surface area contributed by atoms with E-state index in [0.717, 1.165) is 23.5 Å². The lowest BCUT2D eigenvalue weighted by molar-refractivity contribution is -0.0512. The quantitative estimate of drug-likeness (QED) is 0.872. The molecule has 1 aliphatic heterocycles. The smallest absolute Gasteiger partial charge is 0.0829 e. The highest BCUT2D eigenvalue weighted by molar-refractivity contribution is 7.99. The summed E-state index contributed by atoms with van der Waals surface area (Å²) in [6, 6.07) is 5.43. The Morgan fingerprint density at radius 2 is 2.06 bits per heavy atom. The van der Waals surface area contributed by atoms with Crippen molar-refractivity contribution in [3.63, 3.8) is 0 Å². The number of rotatable bonds is 2. The van der Waals surface area contributed by atoms with Crippen LogP contribution in [0.15, 0.2) is 18.2 Å². The van der Waals surface area contributed by atoms with Gasteiger partial charge in [0, 0.05) is 22.2 Å². The third-order valence-electron chi connectivity index (χ3n) is 3.96. The summed E-state index contributed by atoms with van der Waals surface area (Å²) in [6.07, 6.45) is 1.58. The van der Waals surface area contributed by atoms with Crippen molar-refractivity contribution in [3.05, 3.63) is 33.8 Å². The van der Waals surface area contributed by atoms with Gasteiger partial charge in [0.2, 0.25) is 0 Å². The zero-order chi connectivity index (χ0) is 13.4. The van der Waals surface area contributed by atoms with Crippen LogP contribution in [-0.4, -0.2) is 22.2 Å². The Kier molecular flexibility index (Phi) is 4.23. The number of aliphatic hydroxyl groups is 1. The van der Waals surface area contributed by atoms with Crippen molar-refractivity contribution in [3.8, 4) is 0 Å². The van der Waals surface area contributed by atoms with E-state index in [2.05, 4.69) is 13.8 Å². The van der Waals surface area contributed by atoms with Crippen molar-refractivity contribution < 1.29 is 5.11 Å². The Morgan fingerprint density at radius 1 is 1.33 bits per heavy atom. The fourth-order valence-corrected chi connectivity index (χ4v) is 4.29. The molecule has 1 unspecified atom stereocenters. The van der Waals surface area contributed by atoms with Crippen LogP contribution in [0.25, 0.3) is 0 Å². The molecule has 0 radical (unpaired) electrons. The molecule has 0 aromatic heterocycles. The molecule has 1 atom stereocenters. The molecule has 1 nitrogen and oxygen atoms in total. The van der Waals surface area contributed by atoms with Crippen molar-refractivity contribution in [2.45, 2.75) is 32.3 Å². The van der Waals surface area contributed by atoms with Gasteiger partial charge in [0.1, 0.15) is 0 Å². The number of halogens is 2. The molecule has 1 fully saturated rings. The summed E-state index contributed by atoms with van der Waals surface area (Å²) in [5.74, 6) is 1.86. The standard InChI is InChI=1S/C14H18Cl2OS/c1-13(2)5-6-18-9-14(13,17)8-10-7-11(15)3-4-12(10)16/h3-4,7,17H,5-6,8-9H2,1-2H3. The van der Waals surface area contributed by atoms with E-state index in [9.17, 15) is 5.11 Å². The molecular weight excluding hydrogens is 287 g/mol. The van der Waals surface area contributed by atoms with Gasteiger partial charge in [-0.1, -0.05) is 37.0 Å². The van der Waals surface area contributed by atoms with Gasteiger partial charge in [-0.25, -0.2) is 0 Å². The van der Waals surface area contributed by atoms with E-state index in [1.165, 1.54) is 0 Å². The molecule has 1 heterocycles. The topological polar surface area (TPSA) is 20.2 Å². The molecular formula is C14H18Cl2OS. The average Bonchev–Trinajstić information content (AvgIpc) is 2.28. The van der Waals surface area contributed by atoms with Crippen molar-refractivity contribution in [2.75, 3.05) is 11.5 Å². The molecule has 0 amide bonds. The first-order valence-corrected chi connectivity index (χ1v) is 7.99. The first-order valence-electron chi connectivity index (χ1n) is 6.08. The molecule has 1 N–H and O–H groups in total. The van der Waals surface area contributed by atoms with Gasteiger partial charge in [-0.05, 0) is 41.4 Å². The highest BCUT2D eigenvalue weighted by atomic mass is 35.5. The second-order valence-corrected chi connectivity index (χ2v) is 7.58. The molecule has 4 heteroatoms. The van der Waals surface area contributed by atoms with Crippen LogP contribution in [0.5, 0.6) is 0 Å². The lowest BCUT2D eigenvalue weighted by atomic mass is 9.70. The largest absolute Gasteiger partial charge is 0.388 e. The molecule has 1 aliphatic rings. The molecule has 100 valence electrons. The van der Waals surface area contributed by atoms with Crippen LogP contribution in [0.4, 0.5) is 0 Å². The summed E-state index contributed by atoms with van der Waals surface area (Å²) >= 11 is 14.0. The van der Waals surface area contributed by atoms with Gasteiger partial charge < -0.3 is 5.11 Å². The highest BCUT2D eigenvalue weighted by Crippen LogP contribution is 2.44. The van der Waals surface area contributed by atoms with Gasteiger partial charge >= 0.3 is 0 Å². The van der Waals surface area contributed by atoms with E-state index in [1.54, 1.807) is 12.1 Å².